The summed E-state index contributed by atoms with van der Waals surface area (Å²) in [7, 11) is 0. The van der Waals surface area contributed by atoms with Gasteiger partial charge < -0.3 is 16.2 Å². The molecule has 6 heteroatoms. The number of nitrogens with two attached hydrogens (primary N) is 1. The summed E-state index contributed by atoms with van der Waals surface area (Å²) >= 11 is 5.83. The fourth-order valence-electron chi connectivity index (χ4n) is 1.56. The summed E-state index contributed by atoms with van der Waals surface area (Å²) in [5, 5.41) is 12.5. The Hall–Kier alpha value is -2.27. The summed E-state index contributed by atoms with van der Waals surface area (Å²) in [4.78, 5) is 16.0. The van der Waals surface area contributed by atoms with E-state index in [0.717, 1.165) is 0 Å². The number of pyridine rings is 1. The van der Waals surface area contributed by atoms with Crippen molar-refractivity contribution in [3.63, 3.8) is 0 Å². The van der Waals surface area contributed by atoms with Crippen LogP contribution in [0.3, 0.4) is 0 Å². The van der Waals surface area contributed by atoms with Crippen LogP contribution in [0.1, 0.15) is 16.1 Å². The molecule has 0 unspecified atom stereocenters. The van der Waals surface area contributed by atoms with Crippen LogP contribution >= 0.6 is 11.6 Å². The third kappa shape index (κ3) is 3.14. The van der Waals surface area contributed by atoms with E-state index in [1.54, 1.807) is 19.1 Å². The number of anilines is 2. The Morgan fingerprint density at radius 3 is 2.79 bits per heavy atom. The lowest BCUT2D eigenvalue weighted by molar-refractivity contribution is 0.102. The summed E-state index contributed by atoms with van der Waals surface area (Å²) in [6, 6.07) is 7.63. The summed E-state index contributed by atoms with van der Waals surface area (Å²) < 4.78 is 0. The second kappa shape index (κ2) is 5.16. The summed E-state index contributed by atoms with van der Waals surface area (Å²) in [6.45, 7) is 1.76. The molecule has 0 aliphatic heterocycles. The molecule has 1 amide bonds. The predicted octanol–water partition coefficient (Wildman–Crippen LogP) is 2.58. The van der Waals surface area contributed by atoms with Crippen molar-refractivity contribution in [3.05, 3.63) is 46.6 Å². The van der Waals surface area contributed by atoms with Crippen LogP contribution in [0, 0.1) is 6.92 Å². The normalized spacial score (nSPS) is 10.2. The number of aromatic nitrogens is 1. The average molecular weight is 278 g/mol. The lowest BCUT2D eigenvalue weighted by Crippen LogP contribution is -2.13. The van der Waals surface area contributed by atoms with Crippen molar-refractivity contribution in [2.24, 2.45) is 0 Å². The molecule has 1 aromatic carbocycles. The molecule has 1 aromatic heterocycles. The van der Waals surface area contributed by atoms with Crippen molar-refractivity contribution in [3.8, 4) is 5.75 Å². The number of rotatable bonds is 2. The van der Waals surface area contributed by atoms with E-state index < -0.39 is 5.91 Å². The van der Waals surface area contributed by atoms with E-state index in [-0.39, 0.29) is 11.6 Å². The highest BCUT2D eigenvalue weighted by Gasteiger charge is 2.11. The van der Waals surface area contributed by atoms with Gasteiger partial charge in [0.25, 0.3) is 5.91 Å². The van der Waals surface area contributed by atoms with Gasteiger partial charge in [-0.15, -0.1) is 0 Å². The minimum atomic E-state index is -0.442. The Bertz CT molecular complexity index is 624. The number of benzene rings is 1. The first kappa shape index (κ1) is 13.2. The lowest BCUT2D eigenvalue weighted by Gasteiger charge is -2.08. The minimum Gasteiger partial charge on any atom is -0.504 e. The van der Waals surface area contributed by atoms with Crippen molar-refractivity contribution in [1.29, 1.82) is 0 Å². The molecule has 98 valence electrons. The van der Waals surface area contributed by atoms with Crippen LogP contribution in [0.5, 0.6) is 5.75 Å². The van der Waals surface area contributed by atoms with Crippen LogP contribution in [0.4, 0.5) is 11.5 Å². The first-order chi connectivity index (χ1) is 8.95. The van der Waals surface area contributed by atoms with Crippen LogP contribution < -0.4 is 11.1 Å². The predicted molar refractivity (Wildman–Crippen MR) is 74.5 cm³/mol. The van der Waals surface area contributed by atoms with Crippen molar-refractivity contribution in [2.75, 3.05) is 11.1 Å². The standard InChI is InChI=1S/C13H12ClN3O2/c1-7-2-3-11(18)12(16-7)17-13(19)8-4-9(14)6-10(15)5-8/h2-6,18H,15H2,1H3,(H,16,17,19). The average Bonchev–Trinajstić information content (AvgIpc) is 2.32. The molecule has 2 aromatic rings. The summed E-state index contributed by atoms with van der Waals surface area (Å²) in [5.41, 5.74) is 6.98. The van der Waals surface area contributed by atoms with Crippen molar-refractivity contribution < 1.29 is 9.90 Å². The van der Waals surface area contributed by atoms with E-state index >= 15 is 0 Å². The molecule has 0 aliphatic rings. The van der Waals surface area contributed by atoms with Crippen LogP contribution in [0.25, 0.3) is 0 Å². The number of nitrogen functional groups attached to an aromatic ring is 1. The Morgan fingerprint density at radius 2 is 2.11 bits per heavy atom. The third-order valence-corrected chi connectivity index (χ3v) is 2.65. The number of carbonyl (C=O) groups is 1. The van der Waals surface area contributed by atoms with E-state index in [0.29, 0.717) is 22.0 Å². The number of nitrogens with zero attached hydrogens (tertiary/aromatic N) is 1. The number of carbonyl (C=O) groups excluding carboxylic acids is 1. The first-order valence-electron chi connectivity index (χ1n) is 5.50. The fourth-order valence-corrected chi connectivity index (χ4v) is 1.81. The van der Waals surface area contributed by atoms with Crippen LogP contribution in [0.2, 0.25) is 5.02 Å². The van der Waals surface area contributed by atoms with Gasteiger partial charge in [0.15, 0.2) is 11.6 Å². The molecule has 2 rings (SSSR count). The highest BCUT2D eigenvalue weighted by atomic mass is 35.5. The topological polar surface area (TPSA) is 88.2 Å². The largest absolute Gasteiger partial charge is 0.504 e. The van der Waals surface area contributed by atoms with Gasteiger partial charge in [0, 0.05) is 22.0 Å². The van der Waals surface area contributed by atoms with E-state index in [1.165, 1.54) is 18.2 Å². The molecule has 0 aliphatic carbocycles. The molecule has 19 heavy (non-hydrogen) atoms. The quantitative estimate of drug-likeness (QED) is 0.736. The van der Waals surface area contributed by atoms with Gasteiger partial charge in [-0.3, -0.25) is 4.79 Å². The van der Waals surface area contributed by atoms with Crippen LogP contribution in [0.15, 0.2) is 30.3 Å². The van der Waals surface area contributed by atoms with E-state index in [1.807, 2.05) is 0 Å². The highest BCUT2D eigenvalue weighted by Crippen LogP contribution is 2.22. The molecule has 0 saturated carbocycles. The van der Waals surface area contributed by atoms with Gasteiger partial charge in [0.2, 0.25) is 0 Å². The molecular weight excluding hydrogens is 266 g/mol. The number of aromatic hydroxyl groups is 1. The fraction of sp³-hybridized carbons (Fsp3) is 0.0769. The summed E-state index contributed by atoms with van der Waals surface area (Å²) in [5.74, 6) is -0.444. The van der Waals surface area contributed by atoms with Gasteiger partial charge >= 0.3 is 0 Å². The zero-order chi connectivity index (χ0) is 14.0. The molecule has 0 bridgehead atoms. The second-order valence-corrected chi connectivity index (χ2v) is 4.48. The van der Waals surface area contributed by atoms with Crippen LogP contribution in [-0.2, 0) is 0 Å². The number of nitrogens with one attached hydrogen (secondary N) is 1. The molecule has 1 heterocycles. The monoisotopic (exact) mass is 277 g/mol. The smallest absolute Gasteiger partial charge is 0.257 e. The second-order valence-electron chi connectivity index (χ2n) is 4.05. The van der Waals surface area contributed by atoms with Crippen LogP contribution in [-0.4, -0.2) is 16.0 Å². The maximum absolute atomic E-state index is 12.0. The van der Waals surface area contributed by atoms with Crippen molar-refractivity contribution in [1.82, 2.24) is 4.98 Å². The zero-order valence-corrected chi connectivity index (χ0v) is 10.9. The first-order valence-corrected chi connectivity index (χ1v) is 5.87. The van der Waals surface area contributed by atoms with Crippen molar-refractivity contribution >= 4 is 29.0 Å². The number of hydrogen-bond acceptors (Lipinski definition) is 4. The molecule has 4 N–H and O–H groups in total. The molecular formula is C13H12ClN3O2. The lowest BCUT2D eigenvalue weighted by atomic mass is 10.2. The molecule has 0 spiro atoms. The van der Waals surface area contributed by atoms with Gasteiger partial charge in [-0.1, -0.05) is 11.6 Å². The molecule has 0 radical (unpaired) electrons. The van der Waals surface area contributed by atoms with Gasteiger partial charge in [-0.05, 0) is 37.3 Å². The Balaban J connectivity index is 2.28. The summed E-state index contributed by atoms with van der Waals surface area (Å²) in [6.07, 6.45) is 0. The van der Waals surface area contributed by atoms with E-state index in [9.17, 15) is 9.90 Å². The van der Waals surface area contributed by atoms with Crippen molar-refractivity contribution in [2.45, 2.75) is 6.92 Å². The Kier molecular flexibility index (Phi) is 3.57. The number of hydrogen-bond donors (Lipinski definition) is 3. The number of amides is 1. The highest BCUT2D eigenvalue weighted by molar-refractivity contribution is 6.31. The van der Waals surface area contributed by atoms with Gasteiger partial charge in [0.05, 0.1) is 0 Å². The number of halogens is 1. The number of aryl methyl sites for hydroxylation is 1. The van der Waals surface area contributed by atoms with E-state index in [4.69, 9.17) is 17.3 Å². The third-order valence-electron chi connectivity index (χ3n) is 2.43. The Morgan fingerprint density at radius 1 is 1.37 bits per heavy atom. The molecule has 0 saturated heterocycles. The van der Waals surface area contributed by atoms with Gasteiger partial charge in [-0.25, -0.2) is 4.98 Å². The van der Waals surface area contributed by atoms with Gasteiger partial charge in [0.1, 0.15) is 0 Å². The zero-order valence-electron chi connectivity index (χ0n) is 10.1. The molecule has 0 fully saturated rings. The molecule has 5 nitrogen and oxygen atoms in total. The maximum atomic E-state index is 12.0. The minimum absolute atomic E-state index is 0.101. The van der Waals surface area contributed by atoms with E-state index in [2.05, 4.69) is 10.3 Å². The molecule has 0 atom stereocenters. The maximum Gasteiger partial charge on any atom is 0.257 e. The Labute approximate surface area is 115 Å². The SMILES string of the molecule is Cc1ccc(O)c(NC(=O)c2cc(N)cc(Cl)c2)n1. The van der Waals surface area contributed by atoms with Gasteiger partial charge in [-0.2, -0.15) is 0 Å².